The highest BCUT2D eigenvalue weighted by molar-refractivity contribution is 5.58. The summed E-state index contributed by atoms with van der Waals surface area (Å²) in [5.41, 5.74) is 10.4. The standard InChI is InChI=1S/C23H30N3/c1-16-11-18(3)22(19(4)12-16)24-7-8-25-9-10-26(15-25)23-20(5)13-17(2)14-21(23)6/h9-15,24H,7-8H2,1-6H3/q+1. The summed E-state index contributed by atoms with van der Waals surface area (Å²) in [5, 5.41) is 3.61. The Morgan fingerprint density at radius 2 is 1.35 bits per heavy atom. The first kappa shape index (κ1) is 18.2. The molecule has 0 atom stereocenters. The number of hydrogen-bond donors (Lipinski definition) is 1. The van der Waals surface area contributed by atoms with E-state index in [-0.39, 0.29) is 0 Å². The van der Waals surface area contributed by atoms with Crippen LogP contribution in [0.25, 0.3) is 5.69 Å². The van der Waals surface area contributed by atoms with Crippen LogP contribution in [-0.4, -0.2) is 11.1 Å². The van der Waals surface area contributed by atoms with Crippen LogP contribution in [0.2, 0.25) is 0 Å². The minimum Gasteiger partial charge on any atom is -0.381 e. The van der Waals surface area contributed by atoms with Gasteiger partial charge in [-0.1, -0.05) is 35.4 Å². The van der Waals surface area contributed by atoms with Crippen LogP contribution in [0, 0.1) is 41.5 Å². The zero-order chi connectivity index (χ0) is 18.8. The molecule has 0 aliphatic heterocycles. The molecular weight excluding hydrogens is 318 g/mol. The molecule has 0 unspecified atom stereocenters. The summed E-state index contributed by atoms with van der Waals surface area (Å²) in [5.74, 6) is 0. The first-order valence-corrected chi connectivity index (χ1v) is 9.32. The number of benzene rings is 2. The average Bonchev–Trinajstić information content (AvgIpc) is 2.97. The molecule has 0 bridgehead atoms. The van der Waals surface area contributed by atoms with Crippen LogP contribution in [0.3, 0.4) is 0 Å². The van der Waals surface area contributed by atoms with Crippen LogP contribution in [-0.2, 0) is 6.54 Å². The Labute approximate surface area is 157 Å². The molecule has 0 aliphatic rings. The molecule has 2 aromatic carbocycles. The van der Waals surface area contributed by atoms with E-state index in [4.69, 9.17) is 0 Å². The smallest absolute Gasteiger partial charge is 0.249 e. The van der Waals surface area contributed by atoms with Gasteiger partial charge in [0.15, 0.2) is 0 Å². The molecule has 0 spiro atoms. The van der Waals surface area contributed by atoms with Crippen molar-refractivity contribution in [1.82, 2.24) is 4.57 Å². The summed E-state index contributed by atoms with van der Waals surface area (Å²) >= 11 is 0. The molecule has 1 heterocycles. The second-order valence-corrected chi connectivity index (χ2v) is 7.51. The second-order valence-electron chi connectivity index (χ2n) is 7.51. The van der Waals surface area contributed by atoms with Gasteiger partial charge >= 0.3 is 0 Å². The van der Waals surface area contributed by atoms with Gasteiger partial charge in [-0.15, -0.1) is 0 Å². The van der Waals surface area contributed by atoms with Crippen molar-refractivity contribution in [3.63, 3.8) is 0 Å². The van der Waals surface area contributed by atoms with Crippen molar-refractivity contribution in [2.45, 2.75) is 48.1 Å². The molecule has 0 fully saturated rings. The van der Waals surface area contributed by atoms with Gasteiger partial charge in [-0.25, -0.2) is 9.13 Å². The molecule has 3 nitrogen and oxygen atoms in total. The van der Waals surface area contributed by atoms with Gasteiger partial charge in [0.05, 0.1) is 6.54 Å². The van der Waals surface area contributed by atoms with Crippen molar-refractivity contribution in [1.29, 1.82) is 0 Å². The number of nitrogens with one attached hydrogen (secondary N) is 1. The zero-order valence-corrected chi connectivity index (χ0v) is 16.9. The monoisotopic (exact) mass is 348 g/mol. The average molecular weight is 349 g/mol. The van der Waals surface area contributed by atoms with Gasteiger partial charge in [0, 0.05) is 5.69 Å². The maximum atomic E-state index is 3.61. The van der Waals surface area contributed by atoms with E-state index in [1.165, 1.54) is 44.8 Å². The normalized spacial score (nSPS) is 11.0. The third-order valence-corrected chi connectivity index (χ3v) is 4.93. The Kier molecular flexibility index (Phi) is 5.17. The Balaban J connectivity index is 1.71. The van der Waals surface area contributed by atoms with E-state index in [1.807, 2.05) is 0 Å². The lowest BCUT2D eigenvalue weighted by Crippen LogP contribution is -2.35. The summed E-state index contributed by atoms with van der Waals surface area (Å²) in [6.45, 7) is 14.9. The van der Waals surface area contributed by atoms with Crippen molar-refractivity contribution in [3.05, 3.63) is 76.4 Å². The minimum absolute atomic E-state index is 0.908. The van der Waals surface area contributed by atoms with E-state index in [0.29, 0.717) is 0 Å². The van der Waals surface area contributed by atoms with Gasteiger partial charge in [-0.3, -0.25) is 0 Å². The molecule has 0 saturated carbocycles. The quantitative estimate of drug-likeness (QED) is 0.661. The SMILES string of the molecule is Cc1cc(C)c(NCC[n+]2ccn(-c3c(C)cc(C)cc3C)c2)c(C)c1. The Morgan fingerprint density at radius 3 is 1.92 bits per heavy atom. The molecule has 1 N–H and O–H groups in total. The Hall–Kier alpha value is -2.55. The van der Waals surface area contributed by atoms with Crippen molar-refractivity contribution in [2.24, 2.45) is 0 Å². The van der Waals surface area contributed by atoms with Gasteiger partial charge in [0.1, 0.15) is 24.6 Å². The topological polar surface area (TPSA) is 20.8 Å². The van der Waals surface area contributed by atoms with Crippen molar-refractivity contribution >= 4 is 5.69 Å². The Bertz CT molecular complexity index is 888. The second kappa shape index (κ2) is 7.36. The number of aromatic nitrogens is 2. The predicted octanol–water partition coefficient (Wildman–Crippen LogP) is 4.73. The maximum Gasteiger partial charge on any atom is 0.249 e. The van der Waals surface area contributed by atoms with E-state index in [9.17, 15) is 0 Å². The van der Waals surface area contributed by atoms with Gasteiger partial charge < -0.3 is 5.32 Å². The summed E-state index contributed by atoms with van der Waals surface area (Å²) in [4.78, 5) is 0. The summed E-state index contributed by atoms with van der Waals surface area (Å²) in [6.07, 6.45) is 6.48. The first-order chi connectivity index (χ1) is 12.3. The number of imidazole rings is 1. The minimum atomic E-state index is 0.908. The highest BCUT2D eigenvalue weighted by Gasteiger charge is 2.13. The number of hydrogen-bond acceptors (Lipinski definition) is 1. The summed E-state index contributed by atoms with van der Waals surface area (Å²) in [6, 6.07) is 8.97. The molecule has 0 radical (unpaired) electrons. The predicted molar refractivity (Wildman–Crippen MR) is 109 cm³/mol. The summed E-state index contributed by atoms with van der Waals surface area (Å²) in [7, 11) is 0. The highest BCUT2D eigenvalue weighted by Crippen LogP contribution is 2.22. The molecule has 3 heteroatoms. The number of rotatable bonds is 5. The lowest BCUT2D eigenvalue weighted by Gasteiger charge is -2.13. The van der Waals surface area contributed by atoms with E-state index in [1.54, 1.807) is 0 Å². The van der Waals surface area contributed by atoms with Crippen LogP contribution >= 0.6 is 0 Å². The molecule has 26 heavy (non-hydrogen) atoms. The fourth-order valence-electron chi connectivity index (χ4n) is 4.01. The summed E-state index contributed by atoms with van der Waals surface area (Å²) < 4.78 is 4.47. The third kappa shape index (κ3) is 3.82. The van der Waals surface area contributed by atoms with E-state index in [0.717, 1.165) is 13.1 Å². The van der Waals surface area contributed by atoms with Crippen molar-refractivity contribution in [3.8, 4) is 5.69 Å². The van der Waals surface area contributed by atoms with Gasteiger partial charge in [-0.2, -0.15) is 0 Å². The third-order valence-electron chi connectivity index (χ3n) is 4.93. The molecule has 3 aromatic rings. The lowest BCUT2D eigenvalue weighted by atomic mass is 10.1. The zero-order valence-electron chi connectivity index (χ0n) is 16.9. The largest absolute Gasteiger partial charge is 0.381 e. The maximum absolute atomic E-state index is 3.61. The van der Waals surface area contributed by atoms with Crippen LogP contribution in [0.5, 0.6) is 0 Å². The molecule has 1 aromatic heterocycles. The molecule has 0 aliphatic carbocycles. The van der Waals surface area contributed by atoms with Gasteiger partial charge in [0.2, 0.25) is 6.33 Å². The molecule has 3 rings (SSSR count). The highest BCUT2D eigenvalue weighted by atomic mass is 15.1. The van der Waals surface area contributed by atoms with E-state index >= 15 is 0 Å². The van der Waals surface area contributed by atoms with Gasteiger partial charge in [0.25, 0.3) is 0 Å². The molecular formula is C23H30N3+. The Morgan fingerprint density at radius 1 is 0.808 bits per heavy atom. The van der Waals surface area contributed by atoms with Crippen LogP contribution in [0.1, 0.15) is 33.4 Å². The van der Waals surface area contributed by atoms with Crippen LogP contribution in [0.4, 0.5) is 5.69 Å². The van der Waals surface area contributed by atoms with E-state index in [2.05, 4.69) is 99.0 Å². The van der Waals surface area contributed by atoms with Crippen LogP contribution < -0.4 is 9.88 Å². The number of aryl methyl sites for hydroxylation is 6. The fourth-order valence-corrected chi connectivity index (χ4v) is 4.01. The van der Waals surface area contributed by atoms with Crippen LogP contribution in [0.15, 0.2) is 43.0 Å². The molecule has 0 saturated heterocycles. The fraction of sp³-hybridized carbons (Fsp3) is 0.348. The first-order valence-electron chi connectivity index (χ1n) is 9.32. The molecule has 0 amide bonds. The van der Waals surface area contributed by atoms with Gasteiger partial charge in [-0.05, 0) is 63.8 Å². The molecule has 136 valence electrons. The lowest BCUT2D eigenvalue weighted by molar-refractivity contribution is -0.693. The van der Waals surface area contributed by atoms with E-state index < -0.39 is 0 Å². The number of nitrogens with zero attached hydrogens (tertiary/aromatic N) is 2. The van der Waals surface area contributed by atoms with Crippen molar-refractivity contribution < 1.29 is 4.57 Å². The van der Waals surface area contributed by atoms with Crippen molar-refractivity contribution in [2.75, 3.05) is 11.9 Å². The number of anilines is 1.